The Morgan fingerprint density at radius 3 is 2.38 bits per heavy atom. The van der Waals surface area contributed by atoms with E-state index in [1.54, 1.807) is 0 Å². The third kappa shape index (κ3) is 4.09. The zero-order valence-electron chi connectivity index (χ0n) is 8.47. The summed E-state index contributed by atoms with van der Waals surface area (Å²) in [6.45, 7) is 3.81. The number of sulfone groups is 1. The molecule has 0 amide bonds. The van der Waals surface area contributed by atoms with Gasteiger partial charge in [0, 0.05) is 19.3 Å². The standard InChI is InChI=1S/C9H19NO2S/c1-9(4-3-5-9)8-10-6-7-13(2,11)12/h10H,3-8H2,1-2H3. The van der Waals surface area contributed by atoms with Crippen LogP contribution in [0.2, 0.25) is 0 Å². The van der Waals surface area contributed by atoms with E-state index in [0.29, 0.717) is 12.0 Å². The van der Waals surface area contributed by atoms with Crippen molar-refractivity contribution in [3.63, 3.8) is 0 Å². The quantitative estimate of drug-likeness (QED) is 0.676. The van der Waals surface area contributed by atoms with E-state index >= 15 is 0 Å². The van der Waals surface area contributed by atoms with Gasteiger partial charge in [-0.3, -0.25) is 0 Å². The zero-order chi connectivity index (χ0) is 9.95. The van der Waals surface area contributed by atoms with Crippen LogP contribution in [0.5, 0.6) is 0 Å². The van der Waals surface area contributed by atoms with Crippen LogP contribution in [-0.2, 0) is 9.84 Å². The molecule has 78 valence electrons. The highest BCUT2D eigenvalue weighted by molar-refractivity contribution is 7.90. The average Bonchev–Trinajstić information content (AvgIpc) is 1.93. The van der Waals surface area contributed by atoms with Crippen molar-refractivity contribution in [1.82, 2.24) is 5.32 Å². The Hall–Kier alpha value is -0.0900. The van der Waals surface area contributed by atoms with E-state index in [4.69, 9.17) is 0 Å². The van der Waals surface area contributed by atoms with Crippen molar-refractivity contribution < 1.29 is 8.42 Å². The van der Waals surface area contributed by atoms with Gasteiger partial charge in [0.1, 0.15) is 9.84 Å². The molecule has 1 N–H and O–H groups in total. The van der Waals surface area contributed by atoms with Gasteiger partial charge >= 0.3 is 0 Å². The zero-order valence-corrected chi connectivity index (χ0v) is 9.28. The molecule has 0 aromatic rings. The molecule has 1 aliphatic carbocycles. The molecule has 0 aromatic heterocycles. The number of hydrogen-bond acceptors (Lipinski definition) is 3. The summed E-state index contributed by atoms with van der Waals surface area (Å²) in [5.41, 5.74) is 0.442. The Morgan fingerprint density at radius 1 is 1.38 bits per heavy atom. The minimum absolute atomic E-state index is 0.253. The lowest BCUT2D eigenvalue weighted by molar-refractivity contribution is 0.158. The van der Waals surface area contributed by atoms with E-state index in [0.717, 1.165) is 6.54 Å². The molecule has 0 bridgehead atoms. The van der Waals surface area contributed by atoms with Crippen molar-refractivity contribution in [2.24, 2.45) is 5.41 Å². The first-order chi connectivity index (χ1) is 5.91. The maximum absolute atomic E-state index is 10.8. The van der Waals surface area contributed by atoms with Crippen molar-refractivity contribution in [2.75, 3.05) is 25.1 Å². The lowest BCUT2D eigenvalue weighted by atomic mass is 9.70. The summed E-state index contributed by atoms with van der Waals surface area (Å²) in [6, 6.07) is 0. The summed E-state index contributed by atoms with van der Waals surface area (Å²) in [5, 5.41) is 3.21. The average molecular weight is 205 g/mol. The monoisotopic (exact) mass is 205 g/mol. The molecular formula is C9H19NO2S. The van der Waals surface area contributed by atoms with Crippen LogP contribution in [0.3, 0.4) is 0 Å². The highest BCUT2D eigenvalue weighted by Gasteiger charge is 2.30. The smallest absolute Gasteiger partial charge is 0.148 e. The van der Waals surface area contributed by atoms with Gasteiger partial charge in [0.25, 0.3) is 0 Å². The Labute approximate surface area is 80.8 Å². The van der Waals surface area contributed by atoms with E-state index in [1.807, 2.05) is 0 Å². The molecule has 1 rings (SSSR count). The fourth-order valence-corrected chi connectivity index (χ4v) is 2.12. The van der Waals surface area contributed by atoms with Crippen LogP contribution in [0.4, 0.5) is 0 Å². The van der Waals surface area contributed by atoms with Crippen molar-refractivity contribution >= 4 is 9.84 Å². The first kappa shape index (κ1) is 11.0. The minimum Gasteiger partial charge on any atom is -0.315 e. The third-order valence-electron chi connectivity index (χ3n) is 2.76. The van der Waals surface area contributed by atoms with E-state index in [9.17, 15) is 8.42 Å². The van der Waals surface area contributed by atoms with Crippen molar-refractivity contribution in [2.45, 2.75) is 26.2 Å². The molecular weight excluding hydrogens is 186 g/mol. The summed E-state index contributed by atoms with van der Waals surface area (Å²) in [4.78, 5) is 0. The van der Waals surface area contributed by atoms with Gasteiger partial charge in [-0.05, 0) is 18.3 Å². The molecule has 0 heterocycles. The van der Waals surface area contributed by atoms with Gasteiger partial charge in [0.2, 0.25) is 0 Å². The van der Waals surface area contributed by atoms with Crippen LogP contribution < -0.4 is 5.32 Å². The summed E-state index contributed by atoms with van der Waals surface area (Å²) in [6.07, 6.45) is 5.15. The molecule has 0 atom stereocenters. The highest BCUT2D eigenvalue weighted by atomic mass is 32.2. The molecule has 1 saturated carbocycles. The summed E-state index contributed by atoms with van der Waals surface area (Å²) < 4.78 is 21.6. The molecule has 0 aromatic carbocycles. The van der Waals surface area contributed by atoms with Crippen molar-refractivity contribution in [3.8, 4) is 0 Å². The maximum Gasteiger partial charge on any atom is 0.148 e. The molecule has 1 fully saturated rings. The summed E-state index contributed by atoms with van der Waals surface area (Å²) in [7, 11) is -2.79. The molecule has 0 spiro atoms. The molecule has 0 unspecified atom stereocenters. The van der Waals surface area contributed by atoms with E-state index in [2.05, 4.69) is 12.2 Å². The lowest BCUT2D eigenvalue weighted by Gasteiger charge is -2.38. The second kappa shape index (κ2) is 3.96. The van der Waals surface area contributed by atoms with Gasteiger partial charge in [0.15, 0.2) is 0 Å². The first-order valence-corrected chi connectivity index (χ1v) is 6.86. The predicted octanol–water partition coefficient (Wildman–Crippen LogP) is 0.811. The first-order valence-electron chi connectivity index (χ1n) is 4.80. The molecule has 1 aliphatic rings. The lowest BCUT2D eigenvalue weighted by Crippen LogP contribution is -2.38. The van der Waals surface area contributed by atoms with Crippen molar-refractivity contribution in [1.29, 1.82) is 0 Å². The molecule has 0 radical (unpaired) electrons. The topological polar surface area (TPSA) is 46.2 Å². The number of rotatable bonds is 5. The summed E-state index contributed by atoms with van der Waals surface area (Å²) >= 11 is 0. The van der Waals surface area contributed by atoms with E-state index < -0.39 is 9.84 Å². The SMILES string of the molecule is CC1(CNCCS(C)(=O)=O)CCC1. The second-order valence-corrected chi connectivity index (χ2v) is 6.73. The van der Waals surface area contributed by atoms with Gasteiger partial charge in [-0.25, -0.2) is 8.42 Å². The number of hydrogen-bond donors (Lipinski definition) is 1. The van der Waals surface area contributed by atoms with Crippen LogP contribution in [0.1, 0.15) is 26.2 Å². The minimum atomic E-state index is -2.79. The fraction of sp³-hybridized carbons (Fsp3) is 1.00. The van der Waals surface area contributed by atoms with Crippen LogP contribution in [0, 0.1) is 5.41 Å². The molecule has 0 saturated heterocycles. The molecule has 13 heavy (non-hydrogen) atoms. The van der Waals surface area contributed by atoms with Gasteiger partial charge in [0.05, 0.1) is 5.75 Å². The Balaban J connectivity index is 2.08. The second-order valence-electron chi connectivity index (χ2n) is 4.47. The van der Waals surface area contributed by atoms with E-state index in [1.165, 1.54) is 25.5 Å². The van der Waals surface area contributed by atoms with Gasteiger partial charge in [-0.1, -0.05) is 13.3 Å². The van der Waals surface area contributed by atoms with Crippen molar-refractivity contribution in [3.05, 3.63) is 0 Å². The summed E-state index contributed by atoms with van der Waals surface area (Å²) in [5.74, 6) is 0.253. The fourth-order valence-electron chi connectivity index (χ4n) is 1.60. The molecule has 4 heteroatoms. The Morgan fingerprint density at radius 2 is 2.00 bits per heavy atom. The largest absolute Gasteiger partial charge is 0.315 e. The van der Waals surface area contributed by atoms with Crippen LogP contribution >= 0.6 is 0 Å². The Kier molecular flexibility index (Phi) is 3.35. The van der Waals surface area contributed by atoms with E-state index in [-0.39, 0.29) is 5.75 Å². The molecule has 0 aliphatic heterocycles. The highest BCUT2D eigenvalue weighted by Crippen LogP contribution is 2.39. The van der Waals surface area contributed by atoms with Crippen LogP contribution in [0.15, 0.2) is 0 Å². The maximum atomic E-state index is 10.8. The van der Waals surface area contributed by atoms with Gasteiger partial charge in [-0.2, -0.15) is 0 Å². The normalized spacial score (nSPS) is 21.1. The van der Waals surface area contributed by atoms with Gasteiger partial charge < -0.3 is 5.32 Å². The van der Waals surface area contributed by atoms with Gasteiger partial charge in [-0.15, -0.1) is 0 Å². The van der Waals surface area contributed by atoms with Crippen LogP contribution in [0.25, 0.3) is 0 Å². The third-order valence-corrected chi connectivity index (χ3v) is 3.71. The van der Waals surface area contributed by atoms with Crippen LogP contribution in [-0.4, -0.2) is 33.5 Å². The molecule has 3 nitrogen and oxygen atoms in total. The number of nitrogens with one attached hydrogen (secondary N) is 1. The Bertz CT molecular complexity index is 255. The predicted molar refractivity (Wildman–Crippen MR) is 54.5 cm³/mol.